The molecule has 1 aromatic heterocycles. The van der Waals surface area contributed by atoms with Gasteiger partial charge in [0.25, 0.3) is 0 Å². The van der Waals surface area contributed by atoms with Crippen LogP contribution in [0.2, 0.25) is 0 Å². The fourth-order valence-corrected chi connectivity index (χ4v) is 5.81. The van der Waals surface area contributed by atoms with Gasteiger partial charge in [-0.3, -0.25) is 0 Å². The Morgan fingerprint density at radius 3 is 2.04 bits per heavy atom. The second kappa shape index (κ2) is 14.0. The summed E-state index contributed by atoms with van der Waals surface area (Å²) < 4.78 is 94.7. The van der Waals surface area contributed by atoms with Gasteiger partial charge >= 0.3 is 19.5 Å². The molecule has 2 N–H and O–H groups in total. The molecule has 1 aliphatic carbocycles. The average molecular weight is 670 g/mol. The highest BCUT2D eigenvalue weighted by molar-refractivity contribution is 6.62. The van der Waals surface area contributed by atoms with Crippen LogP contribution in [0.5, 0.6) is 0 Å². The highest BCUT2D eigenvalue weighted by Crippen LogP contribution is 2.38. The lowest BCUT2D eigenvalue weighted by Crippen LogP contribution is -2.41. The topological polar surface area (TPSA) is 101 Å². The minimum atomic E-state index is -5.01. The number of pyridine rings is 1. The number of aromatic nitrogens is 1. The molecule has 9 nitrogen and oxygen atoms in total. The zero-order valence-corrected chi connectivity index (χ0v) is 27.5. The summed E-state index contributed by atoms with van der Waals surface area (Å²) >= 11 is 0. The summed E-state index contributed by atoms with van der Waals surface area (Å²) in [6.07, 6.45) is -3.88. The lowest BCUT2D eigenvalue weighted by molar-refractivity contribution is -0.143. The number of anilines is 1. The number of hydrogen-bond acceptors (Lipinski definition) is 6. The molecule has 0 radical (unpaired) electrons. The summed E-state index contributed by atoms with van der Waals surface area (Å²) in [5.41, 5.74) is 3.07. The van der Waals surface area contributed by atoms with E-state index in [1.165, 1.54) is 11.9 Å². The minimum Gasteiger partial charge on any atom is -0.399 e. The number of benzene rings is 1. The van der Waals surface area contributed by atoms with E-state index in [0.29, 0.717) is 41.4 Å². The van der Waals surface area contributed by atoms with E-state index >= 15 is 0 Å². The third-order valence-corrected chi connectivity index (χ3v) is 9.07. The van der Waals surface area contributed by atoms with E-state index in [1.54, 1.807) is 6.20 Å². The van der Waals surface area contributed by atoms with E-state index in [4.69, 9.17) is 20.0 Å². The molecule has 2 fully saturated rings. The van der Waals surface area contributed by atoms with Gasteiger partial charge in [-0.2, -0.15) is 31.5 Å². The Bertz CT molecular complexity index is 1410. The summed E-state index contributed by atoms with van der Waals surface area (Å²) in [5, 5.41) is 11.0. The zero-order chi connectivity index (χ0) is 34.8. The Labute approximate surface area is 271 Å². The molecule has 2 heterocycles. The highest BCUT2D eigenvalue weighted by Gasteiger charge is 2.52. The van der Waals surface area contributed by atoms with Gasteiger partial charge in [0.15, 0.2) is 0 Å². The van der Waals surface area contributed by atoms with Crippen LogP contribution in [0.4, 0.5) is 32.2 Å². The van der Waals surface area contributed by atoms with Crippen LogP contribution in [-0.2, 0) is 34.8 Å². The standard InChI is InChI=1S/C31H42BF6N7O2/c1-7-44(17-20-10-8-9-11-20)26-22(14-25(16-41-26)32-46-28(2,3)29(4,5)47-32)19-45(27(39)42-43-40-6)18-21-12-23(30(33,34)35)15-24(13-21)31(36,37)38/h12-16,20H,7-11,17-19H2,1-6H3,(H2,39,40,42). The van der Waals surface area contributed by atoms with Crippen LogP contribution in [0.15, 0.2) is 45.9 Å². The van der Waals surface area contributed by atoms with Gasteiger partial charge in [0.2, 0.25) is 5.96 Å². The van der Waals surface area contributed by atoms with Crippen LogP contribution in [-0.4, -0.2) is 54.3 Å². The normalized spacial score (nSPS) is 18.8. The fourth-order valence-electron chi connectivity index (χ4n) is 5.81. The van der Waals surface area contributed by atoms with Gasteiger partial charge in [-0.05, 0) is 82.4 Å². The number of guanidine groups is 1. The molecule has 4 rings (SSSR count). The zero-order valence-electron chi connectivity index (χ0n) is 27.5. The third kappa shape index (κ3) is 8.75. The Kier molecular flexibility index (Phi) is 10.8. The lowest BCUT2D eigenvalue weighted by Gasteiger charge is -2.32. The molecule has 47 heavy (non-hydrogen) atoms. The second-order valence-electron chi connectivity index (χ2n) is 13.0. The molecule has 1 aromatic carbocycles. The number of alkyl halides is 6. The molecule has 1 saturated heterocycles. The number of nitrogens with two attached hydrogens (primary N) is 1. The van der Waals surface area contributed by atoms with Gasteiger partial charge in [-0.25, -0.2) is 4.98 Å². The first kappa shape index (κ1) is 36.4. The van der Waals surface area contributed by atoms with Crippen LogP contribution < -0.4 is 16.1 Å². The predicted octanol–water partition coefficient (Wildman–Crippen LogP) is 6.75. The molecule has 2 aliphatic rings. The number of hydrogen-bond donors (Lipinski definition) is 1. The van der Waals surface area contributed by atoms with Crippen molar-refractivity contribution in [3.63, 3.8) is 0 Å². The minimum absolute atomic E-state index is 0.0803. The van der Waals surface area contributed by atoms with Gasteiger partial charge in [0.05, 0.1) is 29.4 Å². The van der Waals surface area contributed by atoms with E-state index in [1.807, 2.05) is 40.7 Å². The highest BCUT2D eigenvalue weighted by atomic mass is 19.4. The molecule has 2 aromatic rings. The quantitative estimate of drug-likeness (QED) is 0.0751. The van der Waals surface area contributed by atoms with Gasteiger partial charge in [0.1, 0.15) is 5.82 Å². The summed E-state index contributed by atoms with van der Waals surface area (Å²) in [6.45, 7) is 10.5. The van der Waals surface area contributed by atoms with Crippen molar-refractivity contribution >= 4 is 24.4 Å². The molecule has 0 atom stereocenters. The average Bonchev–Trinajstić information content (AvgIpc) is 3.57. The van der Waals surface area contributed by atoms with Gasteiger partial charge in [-0.1, -0.05) is 24.0 Å². The van der Waals surface area contributed by atoms with E-state index in [-0.39, 0.29) is 24.1 Å². The predicted molar refractivity (Wildman–Crippen MR) is 168 cm³/mol. The van der Waals surface area contributed by atoms with E-state index < -0.39 is 48.3 Å². The van der Waals surface area contributed by atoms with E-state index in [9.17, 15) is 26.3 Å². The summed E-state index contributed by atoms with van der Waals surface area (Å²) in [7, 11) is 0.582. The van der Waals surface area contributed by atoms with Crippen molar-refractivity contribution < 1.29 is 35.7 Å². The molecular weight excluding hydrogens is 627 g/mol. The molecule has 1 saturated carbocycles. The first-order valence-corrected chi connectivity index (χ1v) is 15.6. The van der Waals surface area contributed by atoms with Crippen LogP contribution >= 0.6 is 0 Å². The molecule has 1 aliphatic heterocycles. The smallest absolute Gasteiger partial charge is 0.399 e. The number of nitrogens with zero attached hydrogens (tertiary/aromatic N) is 6. The maximum absolute atomic E-state index is 13.7. The summed E-state index contributed by atoms with van der Waals surface area (Å²) in [4.78, 5) is 8.30. The second-order valence-corrected chi connectivity index (χ2v) is 13.0. The first-order valence-electron chi connectivity index (χ1n) is 15.6. The van der Waals surface area contributed by atoms with Gasteiger partial charge in [0, 0.05) is 43.4 Å². The maximum Gasteiger partial charge on any atom is 0.496 e. The number of rotatable bonds is 10. The Hall–Kier alpha value is -3.40. The molecule has 0 unspecified atom stereocenters. The number of halogens is 6. The van der Waals surface area contributed by atoms with Crippen LogP contribution in [0.1, 0.15) is 82.6 Å². The largest absolute Gasteiger partial charge is 0.496 e. The van der Waals surface area contributed by atoms with Crippen molar-refractivity contribution in [2.45, 2.75) is 96.9 Å². The summed E-state index contributed by atoms with van der Waals surface area (Å²) in [5.74, 6) is 0.813. The third-order valence-electron chi connectivity index (χ3n) is 9.07. The van der Waals surface area contributed by atoms with Gasteiger partial charge in [-0.15, -0.1) is 0 Å². The Balaban J connectivity index is 1.80. The molecule has 258 valence electrons. The van der Waals surface area contributed by atoms with Crippen molar-refractivity contribution in [3.8, 4) is 0 Å². The van der Waals surface area contributed by atoms with Gasteiger partial charge < -0.3 is 24.8 Å². The van der Waals surface area contributed by atoms with Crippen LogP contribution in [0, 0.1) is 5.92 Å². The van der Waals surface area contributed by atoms with Crippen molar-refractivity contribution in [3.05, 3.63) is 52.7 Å². The van der Waals surface area contributed by atoms with E-state index in [2.05, 4.69) is 20.3 Å². The monoisotopic (exact) mass is 669 g/mol. The van der Waals surface area contributed by atoms with Crippen molar-refractivity contribution in [1.82, 2.24) is 9.88 Å². The summed E-state index contributed by atoms with van der Waals surface area (Å²) in [6, 6.07) is 3.27. The SMILES string of the molecule is CCN(CC1CCCC1)c1ncc(B2OC(C)(C)C(C)(C)O2)cc1CN(Cc1cc(C(F)(F)F)cc(C(F)(F)F)c1)/C(N)=N/N=NC. The van der Waals surface area contributed by atoms with Crippen molar-refractivity contribution in [2.24, 2.45) is 27.1 Å². The Morgan fingerprint density at radius 1 is 0.957 bits per heavy atom. The maximum atomic E-state index is 13.7. The molecule has 0 amide bonds. The lowest BCUT2D eigenvalue weighted by atomic mass is 9.79. The Morgan fingerprint density at radius 2 is 1.53 bits per heavy atom. The first-order chi connectivity index (χ1) is 21.8. The van der Waals surface area contributed by atoms with Crippen LogP contribution in [0.25, 0.3) is 0 Å². The van der Waals surface area contributed by atoms with E-state index in [0.717, 1.165) is 32.2 Å². The molecular formula is C31H42BF6N7O2. The molecule has 16 heteroatoms. The van der Waals surface area contributed by atoms with Crippen molar-refractivity contribution in [1.29, 1.82) is 0 Å². The molecule has 0 spiro atoms. The van der Waals surface area contributed by atoms with Crippen LogP contribution in [0.3, 0.4) is 0 Å². The fraction of sp³-hybridized carbons (Fsp3) is 0.613. The molecule has 0 bridgehead atoms. The van der Waals surface area contributed by atoms with Crippen molar-refractivity contribution in [2.75, 3.05) is 25.0 Å².